The lowest BCUT2D eigenvalue weighted by Gasteiger charge is -2.19. The van der Waals surface area contributed by atoms with Crippen LogP contribution in [0.1, 0.15) is 26.3 Å². The Bertz CT molecular complexity index is 411. The molecule has 0 radical (unpaired) electrons. The van der Waals surface area contributed by atoms with Crippen LogP contribution in [-0.4, -0.2) is 13.0 Å². The Morgan fingerprint density at radius 1 is 1.29 bits per heavy atom. The molecule has 0 atom stereocenters. The largest absolute Gasteiger partial charge is 0.516 e. The molecule has 0 aliphatic rings. The first kappa shape index (κ1) is 13.4. The van der Waals surface area contributed by atoms with Crippen LogP contribution < -0.4 is 4.74 Å². The molecule has 1 rings (SSSR count). The van der Waals surface area contributed by atoms with Crippen molar-refractivity contribution >= 4 is 6.16 Å². The Hall–Kier alpha value is -1.65. The molecule has 1 aromatic carbocycles. The number of carbonyl (C=O) groups excluding carboxylic acids is 1. The molecule has 0 amide bonds. The second-order valence-corrected chi connectivity index (χ2v) is 4.53. The molecule has 94 valence electrons. The highest BCUT2D eigenvalue weighted by molar-refractivity contribution is 5.63. The maximum Gasteiger partial charge on any atom is 0.516 e. The second kappa shape index (κ2) is 5.12. The van der Waals surface area contributed by atoms with Gasteiger partial charge in [0.2, 0.25) is 6.86 Å². The normalized spacial score (nSPS) is 11.1. The fourth-order valence-electron chi connectivity index (χ4n) is 1.22. The number of hydrogen-bond donors (Lipinski definition) is 0. The van der Waals surface area contributed by atoms with Crippen molar-refractivity contribution in [3.63, 3.8) is 0 Å². The average molecular weight is 244 g/mol. The molecule has 0 spiro atoms. The minimum atomic E-state index is -1.28. The van der Waals surface area contributed by atoms with Crippen molar-refractivity contribution in [1.82, 2.24) is 0 Å². The zero-order valence-corrected chi connectivity index (χ0v) is 9.92. The Morgan fingerprint density at radius 2 is 1.94 bits per heavy atom. The molecular weight excluding hydrogens is 230 g/mol. The Kier molecular flexibility index (Phi) is 4.04. The van der Waals surface area contributed by atoms with Gasteiger partial charge in [-0.1, -0.05) is 20.8 Å². The fraction of sp³-hybridized carbons (Fsp3) is 0.417. The van der Waals surface area contributed by atoms with E-state index >= 15 is 0 Å². The van der Waals surface area contributed by atoms with Crippen LogP contribution >= 0.6 is 0 Å². The molecule has 0 aromatic heterocycles. The number of alkyl halides is 1. The van der Waals surface area contributed by atoms with Gasteiger partial charge in [0.15, 0.2) is 0 Å². The standard InChI is InChI=1S/C12H14F2O3/c1-12(2,3)8-4-9(14)6-10(5-8)17-11(15)16-7-13/h4-6H,7H2,1-3H3. The van der Waals surface area contributed by atoms with Gasteiger partial charge < -0.3 is 9.47 Å². The third-order valence-corrected chi connectivity index (χ3v) is 2.11. The van der Waals surface area contributed by atoms with Gasteiger partial charge in [0.05, 0.1) is 0 Å². The van der Waals surface area contributed by atoms with E-state index in [9.17, 15) is 13.6 Å². The van der Waals surface area contributed by atoms with Gasteiger partial charge in [0.25, 0.3) is 0 Å². The van der Waals surface area contributed by atoms with E-state index in [1.807, 2.05) is 20.8 Å². The molecule has 0 aliphatic carbocycles. The molecule has 0 unspecified atom stereocenters. The zero-order valence-electron chi connectivity index (χ0n) is 9.92. The number of rotatable bonds is 2. The van der Waals surface area contributed by atoms with Gasteiger partial charge in [-0.05, 0) is 23.1 Å². The zero-order chi connectivity index (χ0) is 13.1. The lowest BCUT2D eigenvalue weighted by Crippen LogP contribution is -2.14. The first-order valence-electron chi connectivity index (χ1n) is 5.04. The van der Waals surface area contributed by atoms with Crippen molar-refractivity contribution in [2.45, 2.75) is 26.2 Å². The smallest absolute Gasteiger partial charge is 0.402 e. The predicted molar refractivity (Wildman–Crippen MR) is 58.2 cm³/mol. The summed E-state index contributed by atoms with van der Waals surface area (Å²) < 4.78 is 33.6. The summed E-state index contributed by atoms with van der Waals surface area (Å²) >= 11 is 0. The molecule has 0 N–H and O–H groups in total. The van der Waals surface area contributed by atoms with E-state index in [1.54, 1.807) is 0 Å². The van der Waals surface area contributed by atoms with Gasteiger partial charge in [-0.25, -0.2) is 13.6 Å². The third kappa shape index (κ3) is 4.01. The van der Waals surface area contributed by atoms with E-state index in [-0.39, 0.29) is 11.2 Å². The van der Waals surface area contributed by atoms with Crippen molar-refractivity contribution in [3.8, 4) is 5.75 Å². The van der Waals surface area contributed by atoms with Gasteiger partial charge in [-0.3, -0.25) is 0 Å². The van der Waals surface area contributed by atoms with E-state index in [0.29, 0.717) is 5.56 Å². The summed E-state index contributed by atoms with van der Waals surface area (Å²) in [6, 6.07) is 3.91. The number of ether oxygens (including phenoxy) is 2. The lowest BCUT2D eigenvalue weighted by molar-refractivity contribution is 0.0609. The Morgan fingerprint density at radius 3 is 2.47 bits per heavy atom. The molecule has 5 heteroatoms. The second-order valence-electron chi connectivity index (χ2n) is 4.53. The lowest BCUT2D eigenvalue weighted by atomic mass is 9.87. The summed E-state index contributed by atoms with van der Waals surface area (Å²) in [4.78, 5) is 10.9. The molecule has 17 heavy (non-hydrogen) atoms. The molecule has 0 heterocycles. The van der Waals surface area contributed by atoms with E-state index in [0.717, 1.165) is 6.07 Å². The molecule has 0 saturated carbocycles. The first-order chi connectivity index (χ1) is 7.82. The number of carbonyl (C=O) groups is 1. The van der Waals surface area contributed by atoms with Crippen LogP contribution in [0.5, 0.6) is 5.75 Å². The highest BCUT2D eigenvalue weighted by atomic mass is 19.1. The van der Waals surface area contributed by atoms with Crippen molar-refractivity contribution in [2.75, 3.05) is 6.86 Å². The molecular formula is C12H14F2O3. The summed E-state index contributed by atoms with van der Waals surface area (Å²) in [6.45, 7) is 4.41. The number of halogens is 2. The predicted octanol–water partition coefficient (Wildman–Crippen LogP) is 3.57. The van der Waals surface area contributed by atoms with E-state index in [4.69, 9.17) is 0 Å². The molecule has 0 bridgehead atoms. The maximum atomic E-state index is 13.3. The van der Waals surface area contributed by atoms with E-state index < -0.39 is 18.8 Å². The Balaban J connectivity index is 2.94. The third-order valence-electron chi connectivity index (χ3n) is 2.11. The summed E-state index contributed by atoms with van der Waals surface area (Å²) in [5.74, 6) is -0.533. The highest BCUT2D eigenvalue weighted by Crippen LogP contribution is 2.27. The average Bonchev–Trinajstić information content (AvgIpc) is 2.15. The first-order valence-corrected chi connectivity index (χ1v) is 5.04. The quantitative estimate of drug-likeness (QED) is 0.589. The fourth-order valence-corrected chi connectivity index (χ4v) is 1.22. The molecule has 1 aromatic rings. The van der Waals surface area contributed by atoms with Crippen LogP contribution in [0.3, 0.4) is 0 Å². The van der Waals surface area contributed by atoms with Crippen LogP contribution in [0.25, 0.3) is 0 Å². The van der Waals surface area contributed by atoms with E-state index in [1.165, 1.54) is 12.1 Å². The molecule has 0 saturated heterocycles. The summed E-state index contributed by atoms with van der Waals surface area (Å²) in [6.07, 6.45) is -1.20. The molecule has 0 fully saturated rings. The minimum absolute atomic E-state index is 0.00613. The van der Waals surface area contributed by atoms with Crippen molar-refractivity contribution in [3.05, 3.63) is 29.6 Å². The van der Waals surface area contributed by atoms with Crippen molar-refractivity contribution < 1.29 is 23.0 Å². The Labute approximate surface area is 98.3 Å². The van der Waals surface area contributed by atoms with Gasteiger partial charge in [0, 0.05) is 6.07 Å². The van der Waals surface area contributed by atoms with Crippen molar-refractivity contribution in [1.29, 1.82) is 0 Å². The van der Waals surface area contributed by atoms with Gasteiger partial charge in [0.1, 0.15) is 11.6 Å². The van der Waals surface area contributed by atoms with Gasteiger partial charge >= 0.3 is 6.16 Å². The molecule has 0 aliphatic heterocycles. The van der Waals surface area contributed by atoms with Gasteiger partial charge in [-0.2, -0.15) is 0 Å². The van der Waals surface area contributed by atoms with Crippen LogP contribution in [0.15, 0.2) is 18.2 Å². The number of hydrogen-bond acceptors (Lipinski definition) is 3. The highest BCUT2D eigenvalue weighted by Gasteiger charge is 2.17. The van der Waals surface area contributed by atoms with Crippen molar-refractivity contribution in [2.24, 2.45) is 0 Å². The van der Waals surface area contributed by atoms with E-state index in [2.05, 4.69) is 9.47 Å². The topological polar surface area (TPSA) is 35.5 Å². The minimum Gasteiger partial charge on any atom is -0.402 e. The molecule has 3 nitrogen and oxygen atoms in total. The summed E-state index contributed by atoms with van der Waals surface area (Å²) in [7, 11) is 0. The van der Waals surface area contributed by atoms with Crippen LogP contribution in [-0.2, 0) is 10.2 Å². The van der Waals surface area contributed by atoms with Crippen LogP contribution in [0, 0.1) is 5.82 Å². The summed E-state index contributed by atoms with van der Waals surface area (Å²) in [5.41, 5.74) is 0.380. The number of benzene rings is 1. The SMILES string of the molecule is CC(C)(C)c1cc(F)cc(OC(=O)OCF)c1. The van der Waals surface area contributed by atoms with Gasteiger partial charge in [-0.15, -0.1) is 0 Å². The maximum absolute atomic E-state index is 13.3. The monoisotopic (exact) mass is 244 g/mol. The summed E-state index contributed by atoms with van der Waals surface area (Å²) in [5, 5.41) is 0. The van der Waals surface area contributed by atoms with Crippen LogP contribution in [0.2, 0.25) is 0 Å². The van der Waals surface area contributed by atoms with Crippen LogP contribution in [0.4, 0.5) is 13.6 Å².